The molecule has 1 aromatic heterocycles. The number of hydrogen-bond acceptors (Lipinski definition) is 7. The molecule has 1 N–H and O–H groups in total. The molecule has 1 amide bonds. The fraction of sp³-hybridized carbons (Fsp3) is 0.700. The van der Waals surface area contributed by atoms with Crippen LogP contribution in [0.25, 0.3) is 0 Å². The van der Waals surface area contributed by atoms with Crippen molar-refractivity contribution in [2.24, 2.45) is 5.41 Å². The second-order valence-electron chi connectivity index (χ2n) is 8.09. The van der Waals surface area contributed by atoms with Crippen LogP contribution < -0.4 is 0 Å². The molecule has 2 saturated heterocycles. The van der Waals surface area contributed by atoms with Gasteiger partial charge in [0.2, 0.25) is 0 Å². The van der Waals surface area contributed by atoms with Gasteiger partial charge in [-0.1, -0.05) is 0 Å². The normalized spacial score (nSPS) is 23.2. The third kappa shape index (κ3) is 7.38. The van der Waals surface area contributed by atoms with E-state index in [9.17, 15) is 18.0 Å². The summed E-state index contributed by atoms with van der Waals surface area (Å²) in [6.07, 6.45) is 2.66. The fourth-order valence-electron chi connectivity index (χ4n) is 3.77. The Morgan fingerprint density at radius 3 is 2.69 bits per heavy atom. The van der Waals surface area contributed by atoms with Gasteiger partial charge < -0.3 is 24.4 Å². The molecule has 0 saturated carbocycles. The Balaban J connectivity index is 0.000000451. The van der Waals surface area contributed by atoms with Crippen molar-refractivity contribution in [3.05, 3.63) is 24.3 Å². The number of likely N-dealkylation sites (tertiary alicyclic amines) is 1. The zero-order valence-electron chi connectivity index (χ0n) is 18.2. The smallest absolute Gasteiger partial charge is 0.475 e. The Bertz CT molecular complexity index is 751. The van der Waals surface area contributed by atoms with Gasteiger partial charge in [0.05, 0.1) is 25.5 Å². The highest BCUT2D eigenvalue weighted by Crippen LogP contribution is 2.40. The van der Waals surface area contributed by atoms with Gasteiger partial charge in [-0.15, -0.1) is 0 Å². The Hall–Kier alpha value is -2.31. The maximum absolute atomic E-state index is 12.8. The van der Waals surface area contributed by atoms with E-state index in [1.54, 1.807) is 12.4 Å². The molecule has 2 aliphatic rings. The Kier molecular flexibility index (Phi) is 9.34. The summed E-state index contributed by atoms with van der Waals surface area (Å²) < 4.78 is 43.8. The third-order valence-electron chi connectivity index (χ3n) is 5.37. The molecule has 2 atom stereocenters. The average molecular weight is 462 g/mol. The number of carbonyl (C=O) groups is 2. The SMILES string of the molecule is CN(C)CCOCC12CCCOC1CCN(C(=O)c1cnccn1)C2.O=C(O)C(F)(F)F. The summed E-state index contributed by atoms with van der Waals surface area (Å²) in [5.41, 5.74) is 0.294. The van der Waals surface area contributed by atoms with Crippen LogP contribution in [0.1, 0.15) is 29.8 Å². The third-order valence-corrected chi connectivity index (χ3v) is 5.37. The van der Waals surface area contributed by atoms with Crippen molar-refractivity contribution in [3.8, 4) is 0 Å². The van der Waals surface area contributed by atoms with Crippen LogP contribution in [-0.4, -0.2) is 103 Å². The summed E-state index contributed by atoms with van der Waals surface area (Å²) in [5, 5.41) is 7.12. The molecule has 12 heteroatoms. The first-order chi connectivity index (χ1) is 15.0. The summed E-state index contributed by atoms with van der Waals surface area (Å²) in [4.78, 5) is 33.8. The molecule has 0 bridgehead atoms. The summed E-state index contributed by atoms with van der Waals surface area (Å²) in [5.74, 6) is -2.81. The van der Waals surface area contributed by atoms with E-state index in [1.165, 1.54) is 6.20 Å². The number of halogens is 3. The predicted octanol–water partition coefficient (Wildman–Crippen LogP) is 1.70. The van der Waals surface area contributed by atoms with E-state index >= 15 is 0 Å². The minimum absolute atomic E-state index is 0.0511. The highest BCUT2D eigenvalue weighted by atomic mass is 19.4. The lowest BCUT2D eigenvalue weighted by Gasteiger charge is -2.50. The van der Waals surface area contributed by atoms with Gasteiger partial charge >= 0.3 is 12.1 Å². The standard InChI is InChI=1S/C18H28N4O3.C2HF3O2/c1-21(2)9-11-24-14-18-5-3-10-25-16(18)4-8-22(13-18)17(23)15-12-19-6-7-20-15;3-2(4,5)1(6)7/h6-7,12,16H,3-5,8-11,13-14H2,1-2H3;(H,6,7). The second-order valence-corrected chi connectivity index (χ2v) is 8.09. The number of nitrogens with zero attached hydrogens (tertiary/aromatic N) is 4. The minimum Gasteiger partial charge on any atom is -0.475 e. The molecule has 2 fully saturated rings. The molecule has 9 nitrogen and oxygen atoms in total. The van der Waals surface area contributed by atoms with Crippen molar-refractivity contribution in [2.75, 3.05) is 53.6 Å². The zero-order valence-corrected chi connectivity index (χ0v) is 18.2. The lowest BCUT2D eigenvalue weighted by Crippen LogP contribution is -2.58. The molecule has 32 heavy (non-hydrogen) atoms. The molecular formula is C20H29F3N4O5. The predicted molar refractivity (Wildman–Crippen MR) is 107 cm³/mol. The van der Waals surface area contributed by atoms with Gasteiger partial charge in [-0.05, 0) is 33.4 Å². The van der Waals surface area contributed by atoms with E-state index in [4.69, 9.17) is 19.4 Å². The molecule has 0 spiro atoms. The number of aliphatic carboxylic acids is 1. The lowest BCUT2D eigenvalue weighted by molar-refractivity contribution is -0.192. The summed E-state index contributed by atoms with van der Waals surface area (Å²) in [7, 11) is 4.08. The number of hydrogen-bond donors (Lipinski definition) is 1. The van der Waals surface area contributed by atoms with Crippen molar-refractivity contribution in [1.82, 2.24) is 19.8 Å². The molecule has 180 valence electrons. The summed E-state index contributed by atoms with van der Waals surface area (Å²) in [6, 6.07) is 0. The number of carboxylic acids is 1. The molecule has 2 unspecified atom stereocenters. The van der Waals surface area contributed by atoms with E-state index in [1.807, 2.05) is 19.0 Å². The summed E-state index contributed by atoms with van der Waals surface area (Å²) >= 11 is 0. The monoisotopic (exact) mass is 462 g/mol. The lowest BCUT2D eigenvalue weighted by atomic mass is 9.73. The molecule has 0 aromatic carbocycles. The Morgan fingerprint density at radius 2 is 2.09 bits per heavy atom. The van der Waals surface area contributed by atoms with Crippen LogP contribution in [0.15, 0.2) is 18.6 Å². The minimum atomic E-state index is -5.08. The first kappa shape index (κ1) is 25.9. The quantitative estimate of drug-likeness (QED) is 0.637. The molecule has 3 heterocycles. The molecule has 1 aromatic rings. The second kappa shape index (κ2) is 11.5. The molecular weight excluding hydrogens is 433 g/mol. The number of alkyl halides is 3. The number of aromatic nitrogens is 2. The van der Waals surface area contributed by atoms with Gasteiger partial charge in [0, 0.05) is 44.0 Å². The van der Waals surface area contributed by atoms with E-state index in [0.29, 0.717) is 32.0 Å². The van der Waals surface area contributed by atoms with E-state index < -0.39 is 12.1 Å². The van der Waals surface area contributed by atoms with Crippen molar-refractivity contribution in [2.45, 2.75) is 31.5 Å². The Labute approximate surface area is 184 Å². The van der Waals surface area contributed by atoms with Crippen molar-refractivity contribution in [3.63, 3.8) is 0 Å². The first-order valence-corrected chi connectivity index (χ1v) is 10.2. The summed E-state index contributed by atoms with van der Waals surface area (Å²) in [6.45, 7) is 4.38. The van der Waals surface area contributed by atoms with Crippen LogP contribution >= 0.6 is 0 Å². The largest absolute Gasteiger partial charge is 0.490 e. The van der Waals surface area contributed by atoms with Crippen molar-refractivity contribution < 1.29 is 37.3 Å². The van der Waals surface area contributed by atoms with Crippen LogP contribution in [0.5, 0.6) is 0 Å². The van der Waals surface area contributed by atoms with E-state index in [0.717, 1.165) is 32.4 Å². The van der Waals surface area contributed by atoms with Gasteiger partial charge in [0.15, 0.2) is 0 Å². The number of rotatable bonds is 6. The fourth-order valence-corrected chi connectivity index (χ4v) is 3.77. The first-order valence-electron chi connectivity index (χ1n) is 10.2. The van der Waals surface area contributed by atoms with E-state index in [-0.39, 0.29) is 17.4 Å². The number of amides is 1. The van der Waals surface area contributed by atoms with Gasteiger partial charge in [0.1, 0.15) is 5.69 Å². The van der Waals surface area contributed by atoms with Gasteiger partial charge in [-0.3, -0.25) is 9.78 Å². The number of carbonyl (C=O) groups excluding carboxylic acids is 1. The molecule has 2 aliphatic heterocycles. The molecule has 0 aliphatic carbocycles. The number of ether oxygens (including phenoxy) is 2. The Morgan fingerprint density at radius 1 is 1.38 bits per heavy atom. The number of fused-ring (bicyclic) bond motifs is 1. The van der Waals surface area contributed by atoms with E-state index in [2.05, 4.69) is 14.9 Å². The molecule has 0 radical (unpaired) electrons. The van der Waals surface area contributed by atoms with Crippen molar-refractivity contribution >= 4 is 11.9 Å². The zero-order chi connectivity index (χ0) is 23.8. The highest BCUT2D eigenvalue weighted by molar-refractivity contribution is 5.92. The number of likely N-dealkylation sites (N-methyl/N-ethyl adjacent to an activating group) is 1. The van der Waals surface area contributed by atoms with Gasteiger partial charge in [-0.25, -0.2) is 9.78 Å². The van der Waals surface area contributed by atoms with Crippen molar-refractivity contribution in [1.29, 1.82) is 0 Å². The van der Waals surface area contributed by atoms with Crippen LogP contribution in [0, 0.1) is 5.41 Å². The molecule has 3 rings (SSSR count). The van der Waals surface area contributed by atoms with Crippen LogP contribution in [-0.2, 0) is 14.3 Å². The van der Waals surface area contributed by atoms with Gasteiger partial charge in [0.25, 0.3) is 5.91 Å². The van der Waals surface area contributed by atoms with Crippen LogP contribution in [0.2, 0.25) is 0 Å². The topological polar surface area (TPSA) is 105 Å². The maximum Gasteiger partial charge on any atom is 0.490 e. The highest BCUT2D eigenvalue weighted by Gasteiger charge is 2.47. The van der Waals surface area contributed by atoms with Crippen LogP contribution in [0.3, 0.4) is 0 Å². The number of piperidine rings is 1. The van der Waals surface area contributed by atoms with Gasteiger partial charge in [-0.2, -0.15) is 13.2 Å². The average Bonchev–Trinajstić information content (AvgIpc) is 2.76. The number of carboxylic acid groups (broad SMARTS) is 1. The maximum atomic E-state index is 12.8. The van der Waals surface area contributed by atoms with Crippen LogP contribution in [0.4, 0.5) is 13.2 Å².